The van der Waals surface area contributed by atoms with Crippen molar-refractivity contribution in [3.05, 3.63) is 29.8 Å². The van der Waals surface area contributed by atoms with E-state index in [1.807, 2.05) is 14.1 Å². The van der Waals surface area contributed by atoms with Crippen LogP contribution in [0.1, 0.15) is 18.4 Å². The van der Waals surface area contributed by atoms with Gasteiger partial charge in [0.2, 0.25) is 0 Å². The Morgan fingerprint density at radius 3 is 2.67 bits per heavy atom. The molecule has 1 aromatic rings. The highest BCUT2D eigenvalue weighted by molar-refractivity contribution is 14.0. The fraction of sp³-hybridized carbons (Fsp3) is 0.611. The number of benzene rings is 1. The molecular formula is C18H31IN4O. The van der Waals surface area contributed by atoms with Gasteiger partial charge >= 0.3 is 0 Å². The lowest BCUT2D eigenvalue weighted by Gasteiger charge is -2.22. The topological polar surface area (TPSA) is 40.1 Å². The zero-order chi connectivity index (χ0) is 16.7. The Morgan fingerprint density at radius 2 is 2.04 bits per heavy atom. The van der Waals surface area contributed by atoms with E-state index in [0.29, 0.717) is 0 Å². The van der Waals surface area contributed by atoms with Gasteiger partial charge in [0, 0.05) is 53.6 Å². The maximum absolute atomic E-state index is 5.70. The standard InChI is InChI=1S/C18H30N4O.HI/c1-19-18(22(4)10-11-23-14-15-8-9-15)20-13-16-6-5-7-17(12-16)21(2)3;/h5-7,12,15H,8-11,13-14H2,1-4H3,(H,19,20);1H. The van der Waals surface area contributed by atoms with Crippen LogP contribution in [0.4, 0.5) is 5.69 Å². The van der Waals surface area contributed by atoms with Gasteiger partial charge in [-0.05, 0) is 36.5 Å². The van der Waals surface area contributed by atoms with Crippen molar-refractivity contribution < 1.29 is 4.74 Å². The van der Waals surface area contributed by atoms with Gasteiger partial charge in [0.1, 0.15) is 0 Å². The number of hydrogen-bond donors (Lipinski definition) is 1. The molecule has 0 aliphatic heterocycles. The van der Waals surface area contributed by atoms with Gasteiger partial charge in [0.05, 0.1) is 6.61 Å². The third-order valence-electron chi connectivity index (χ3n) is 4.07. The van der Waals surface area contributed by atoms with Crippen LogP contribution in [0.25, 0.3) is 0 Å². The molecule has 0 spiro atoms. The second-order valence-electron chi connectivity index (χ2n) is 6.40. The van der Waals surface area contributed by atoms with Crippen LogP contribution in [0, 0.1) is 5.92 Å². The van der Waals surface area contributed by atoms with Crippen LogP contribution in [-0.4, -0.2) is 58.8 Å². The van der Waals surface area contributed by atoms with Crippen molar-refractivity contribution in [2.24, 2.45) is 10.9 Å². The molecule has 1 N–H and O–H groups in total. The van der Waals surface area contributed by atoms with Crippen molar-refractivity contribution in [2.75, 3.05) is 52.8 Å². The summed E-state index contributed by atoms with van der Waals surface area (Å²) in [6.07, 6.45) is 2.68. The number of likely N-dealkylation sites (N-methyl/N-ethyl adjacent to an activating group) is 1. The molecule has 0 saturated heterocycles. The molecule has 5 nitrogen and oxygen atoms in total. The second-order valence-corrected chi connectivity index (χ2v) is 6.40. The van der Waals surface area contributed by atoms with Crippen LogP contribution in [-0.2, 0) is 11.3 Å². The highest BCUT2D eigenvalue weighted by Gasteiger charge is 2.21. The summed E-state index contributed by atoms with van der Waals surface area (Å²) in [6.45, 7) is 3.28. The number of rotatable bonds is 8. The number of nitrogens with one attached hydrogen (secondary N) is 1. The lowest BCUT2D eigenvalue weighted by atomic mass is 10.2. The average molecular weight is 446 g/mol. The Kier molecular flexibility index (Phi) is 9.43. The summed E-state index contributed by atoms with van der Waals surface area (Å²) in [7, 11) is 7.98. The van der Waals surface area contributed by atoms with E-state index in [4.69, 9.17) is 4.74 Å². The van der Waals surface area contributed by atoms with E-state index in [2.05, 4.69) is 58.5 Å². The number of anilines is 1. The number of halogens is 1. The fourth-order valence-corrected chi connectivity index (χ4v) is 2.35. The van der Waals surface area contributed by atoms with Crippen molar-refractivity contribution in [2.45, 2.75) is 19.4 Å². The lowest BCUT2D eigenvalue weighted by Crippen LogP contribution is -2.40. The van der Waals surface area contributed by atoms with Crippen molar-refractivity contribution >= 4 is 35.6 Å². The number of aliphatic imine (C=N–C) groups is 1. The molecule has 1 fully saturated rings. The van der Waals surface area contributed by atoms with Gasteiger partial charge in [-0.3, -0.25) is 4.99 Å². The van der Waals surface area contributed by atoms with Gasteiger partial charge in [-0.15, -0.1) is 24.0 Å². The van der Waals surface area contributed by atoms with Crippen LogP contribution in [0.2, 0.25) is 0 Å². The van der Waals surface area contributed by atoms with E-state index in [0.717, 1.165) is 38.2 Å². The van der Waals surface area contributed by atoms with Gasteiger partial charge in [-0.25, -0.2) is 0 Å². The molecule has 0 bridgehead atoms. The van der Waals surface area contributed by atoms with Crippen LogP contribution < -0.4 is 10.2 Å². The van der Waals surface area contributed by atoms with E-state index < -0.39 is 0 Å². The van der Waals surface area contributed by atoms with Crippen LogP contribution >= 0.6 is 24.0 Å². The molecule has 1 aliphatic carbocycles. The summed E-state index contributed by atoms with van der Waals surface area (Å²) >= 11 is 0. The molecule has 136 valence electrons. The Morgan fingerprint density at radius 1 is 1.29 bits per heavy atom. The maximum Gasteiger partial charge on any atom is 0.193 e. The summed E-state index contributed by atoms with van der Waals surface area (Å²) in [5.41, 5.74) is 2.46. The third kappa shape index (κ3) is 7.25. The zero-order valence-electron chi connectivity index (χ0n) is 15.3. The van der Waals surface area contributed by atoms with E-state index >= 15 is 0 Å². The summed E-state index contributed by atoms with van der Waals surface area (Å²) in [5, 5.41) is 3.42. The van der Waals surface area contributed by atoms with Gasteiger partial charge in [-0.2, -0.15) is 0 Å². The first-order valence-corrected chi connectivity index (χ1v) is 8.36. The first-order valence-electron chi connectivity index (χ1n) is 8.36. The minimum absolute atomic E-state index is 0. The molecule has 2 rings (SSSR count). The summed E-state index contributed by atoms with van der Waals surface area (Å²) < 4.78 is 5.70. The number of nitrogens with zero attached hydrogens (tertiary/aromatic N) is 3. The highest BCUT2D eigenvalue weighted by Crippen LogP contribution is 2.28. The Labute approximate surface area is 163 Å². The number of hydrogen-bond acceptors (Lipinski definition) is 3. The van der Waals surface area contributed by atoms with Crippen molar-refractivity contribution in [3.63, 3.8) is 0 Å². The number of ether oxygens (including phenoxy) is 1. The largest absolute Gasteiger partial charge is 0.379 e. The van der Waals surface area contributed by atoms with Crippen LogP contribution in [0.15, 0.2) is 29.3 Å². The highest BCUT2D eigenvalue weighted by atomic mass is 127. The first kappa shape index (κ1) is 21.0. The van der Waals surface area contributed by atoms with E-state index in [1.54, 1.807) is 0 Å². The maximum atomic E-state index is 5.70. The third-order valence-corrected chi connectivity index (χ3v) is 4.07. The van der Waals surface area contributed by atoms with Gasteiger partial charge in [-0.1, -0.05) is 12.1 Å². The zero-order valence-corrected chi connectivity index (χ0v) is 17.6. The van der Waals surface area contributed by atoms with Gasteiger partial charge in [0.25, 0.3) is 0 Å². The Bertz CT molecular complexity index is 517. The molecule has 1 aliphatic rings. The minimum Gasteiger partial charge on any atom is -0.379 e. The SMILES string of the molecule is CN=C(NCc1cccc(N(C)C)c1)N(C)CCOCC1CC1.I. The average Bonchev–Trinajstić information content (AvgIpc) is 3.36. The molecular weight excluding hydrogens is 415 g/mol. The molecule has 0 aromatic heterocycles. The molecule has 0 heterocycles. The second kappa shape index (κ2) is 10.8. The van der Waals surface area contributed by atoms with Crippen LogP contribution in [0.3, 0.4) is 0 Å². The first-order chi connectivity index (χ1) is 11.1. The molecule has 1 saturated carbocycles. The number of guanidine groups is 1. The van der Waals surface area contributed by atoms with Crippen LogP contribution in [0.5, 0.6) is 0 Å². The summed E-state index contributed by atoms with van der Waals surface area (Å²) in [5.74, 6) is 1.72. The van der Waals surface area contributed by atoms with E-state index in [9.17, 15) is 0 Å². The van der Waals surface area contributed by atoms with Gasteiger partial charge in [0.15, 0.2) is 5.96 Å². The molecule has 24 heavy (non-hydrogen) atoms. The van der Waals surface area contributed by atoms with E-state index in [-0.39, 0.29) is 24.0 Å². The quantitative estimate of drug-likeness (QED) is 0.289. The van der Waals surface area contributed by atoms with Crippen molar-refractivity contribution in [1.82, 2.24) is 10.2 Å². The predicted octanol–water partition coefficient (Wildman–Crippen LogP) is 2.80. The van der Waals surface area contributed by atoms with Crippen molar-refractivity contribution in [1.29, 1.82) is 0 Å². The lowest BCUT2D eigenvalue weighted by molar-refractivity contribution is 0.115. The normalized spacial score (nSPS) is 14.1. The Balaban J connectivity index is 0.00000288. The molecule has 0 amide bonds. The molecule has 6 heteroatoms. The molecule has 1 aromatic carbocycles. The molecule has 0 atom stereocenters. The Hall–Kier alpha value is -1.02. The summed E-state index contributed by atoms with van der Waals surface area (Å²) in [4.78, 5) is 8.58. The molecule has 0 unspecified atom stereocenters. The monoisotopic (exact) mass is 446 g/mol. The summed E-state index contributed by atoms with van der Waals surface area (Å²) in [6, 6.07) is 8.53. The smallest absolute Gasteiger partial charge is 0.193 e. The predicted molar refractivity (Wildman–Crippen MR) is 113 cm³/mol. The van der Waals surface area contributed by atoms with Crippen molar-refractivity contribution in [3.8, 4) is 0 Å². The fourth-order valence-electron chi connectivity index (χ4n) is 2.35. The van der Waals surface area contributed by atoms with E-state index in [1.165, 1.54) is 24.1 Å². The minimum atomic E-state index is 0. The van der Waals surface area contributed by atoms with Gasteiger partial charge < -0.3 is 19.9 Å². The molecule has 0 radical (unpaired) electrons.